The fourth-order valence-electron chi connectivity index (χ4n) is 8.10. The Morgan fingerprint density at radius 1 is 0.846 bits per heavy atom. The van der Waals surface area contributed by atoms with Crippen molar-refractivity contribution in [1.82, 2.24) is 18.7 Å². The Morgan fingerprint density at radius 3 is 2.28 bits per heavy atom. The van der Waals surface area contributed by atoms with Crippen LogP contribution in [0.4, 0.5) is 0 Å². The summed E-state index contributed by atoms with van der Waals surface area (Å²) in [5.41, 5.74) is 2.70. The van der Waals surface area contributed by atoms with Gasteiger partial charge in [0.25, 0.3) is 5.56 Å². The van der Waals surface area contributed by atoms with Crippen LogP contribution in [0.2, 0.25) is 0 Å². The van der Waals surface area contributed by atoms with E-state index in [0.717, 1.165) is 34.5 Å². The number of benzene rings is 2. The summed E-state index contributed by atoms with van der Waals surface area (Å²) >= 11 is 0. The number of methoxy groups -OCH3 is 1. The van der Waals surface area contributed by atoms with Gasteiger partial charge in [0.2, 0.25) is 0 Å². The SMILES string of the molecule is CCCn1c(=O)c2c(nc(C3C4CC5CC(C4)C3C5)n2Cc2ccccc2)n(Cc2ccc(OC)cc2)c1=O. The Morgan fingerprint density at radius 2 is 1.56 bits per heavy atom. The third-order valence-corrected chi connectivity index (χ3v) is 9.63. The minimum Gasteiger partial charge on any atom is -0.497 e. The van der Waals surface area contributed by atoms with E-state index in [2.05, 4.69) is 16.7 Å². The van der Waals surface area contributed by atoms with Gasteiger partial charge >= 0.3 is 5.69 Å². The van der Waals surface area contributed by atoms with Gasteiger partial charge in [-0.15, -0.1) is 0 Å². The number of nitrogens with zero attached hydrogens (tertiary/aromatic N) is 4. The normalized spacial score (nSPS) is 25.1. The molecule has 7 heteroatoms. The zero-order valence-electron chi connectivity index (χ0n) is 22.8. The summed E-state index contributed by atoms with van der Waals surface area (Å²) in [6, 6.07) is 18.1. The Bertz CT molecular complexity index is 1630. The van der Waals surface area contributed by atoms with E-state index >= 15 is 0 Å². The highest BCUT2D eigenvalue weighted by Gasteiger charge is 2.55. The van der Waals surface area contributed by atoms with E-state index < -0.39 is 0 Å². The average Bonchev–Trinajstić information content (AvgIpc) is 3.54. The van der Waals surface area contributed by atoms with Gasteiger partial charge in [-0.25, -0.2) is 9.78 Å². The standard InChI is InChI=1S/C32H36N4O3/c1-3-13-34-31(37)28-30(36(32(34)38)19-21-9-11-25(39-2)12-10-21)33-29(35(28)18-20-7-5-4-6-8-20)27-24-15-22-14-23(17-24)26(27)16-22/h4-12,22-24,26-27H,3,13-19H2,1-2H3. The van der Waals surface area contributed by atoms with Gasteiger partial charge in [-0.3, -0.25) is 13.9 Å². The van der Waals surface area contributed by atoms with E-state index in [1.807, 2.05) is 49.4 Å². The molecular weight excluding hydrogens is 488 g/mol. The minimum absolute atomic E-state index is 0.218. The van der Waals surface area contributed by atoms with Gasteiger partial charge in [0.05, 0.1) is 13.7 Å². The van der Waals surface area contributed by atoms with Crippen molar-refractivity contribution in [2.24, 2.45) is 23.7 Å². The lowest BCUT2D eigenvalue weighted by atomic mass is 9.75. The van der Waals surface area contributed by atoms with E-state index in [1.54, 1.807) is 11.7 Å². The first-order valence-electron chi connectivity index (χ1n) is 14.5. The average molecular weight is 525 g/mol. The zero-order valence-corrected chi connectivity index (χ0v) is 22.8. The van der Waals surface area contributed by atoms with Crippen molar-refractivity contribution in [2.75, 3.05) is 7.11 Å². The maximum Gasteiger partial charge on any atom is 0.333 e. The molecule has 4 aliphatic rings. The van der Waals surface area contributed by atoms with E-state index in [1.165, 1.54) is 30.3 Å². The maximum absolute atomic E-state index is 14.1. The number of hydrogen-bond donors (Lipinski definition) is 0. The molecule has 4 saturated carbocycles. The first-order chi connectivity index (χ1) is 19.1. The minimum atomic E-state index is -0.282. The van der Waals surface area contributed by atoms with E-state index in [-0.39, 0.29) is 11.2 Å². The molecule has 7 nitrogen and oxygen atoms in total. The van der Waals surface area contributed by atoms with Crippen LogP contribution < -0.4 is 16.0 Å². The number of imidazole rings is 1. The van der Waals surface area contributed by atoms with Crippen molar-refractivity contribution >= 4 is 11.2 Å². The summed E-state index contributed by atoms with van der Waals surface area (Å²) in [6.07, 6.45) is 5.88. The molecule has 4 aromatic rings. The first kappa shape index (κ1) is 24.4. The molecule has 5 unspecified atom stereocenters. The summed E-state index contributed by atoms with van der Waals surface area (Å²) in [6.45, 7) is 3.33. The summed E-state index contributed by atoms with van der Waals surface area (Å²) in [5, 5.41) is 0. The fourth-order valence-corrected chi connectivity index (χ4v) is 8.10. The third kappa shape index (κ3) is 3.97. The first-order valence-corrected chi connectivity index (χ1v) is 14.5. The van der Waals surface area contributed by atoms with Crippen LogP contribution in [-0.4, -0.2) is 25.8 Å². The number of aromatic nitrogens is 4. The lowest BCUT2D eigenvalue weighted by Gasteiger charge is -2.32. The van der Waals surface area contributed by atoms with E-state index in [9.17, 15) is 9.59 Å². The predicted octanol–water partition coefficient (Wildman–Crippen LogP) is 5.02. The molecule has 39 heavy (non-hydrogen) atoms. The molecular formula is C32H36N4O3. The van der Waals surface area contributed by atoms with Gasteiger partial charge < -0.3 is 9.30 Å². The van der Waals surface area contributed by atoms with Crippen LogP contribution in [0, 0.1) is 23.7 Å². The topological polar surface area (TPSA) is 71.1 Å². The van der Waals surface area contributed by atoms with E-state index in [4.69, 9.17) is 9.72 Å². The molecule has 4 fully saturated rings. The lowest BCUT2D eigenvalue weighted by molar-refractivity contribution is 0.240. The van der Waals surface area contributed by atoms with Gasteiger partial charge in [-0.1, -0.05) is 49.4 Å². The number of fused-ring (bicyclic) bond motifs is 1. The second kappa shape index (κ2) is 9.54. The second-order valence-corrected chi connectivity index (χ2v) is 11.9. The molecule has 8 rings (SSSR count). The Kier molecular flexibility index (Phi) is 5.98. The molecule has 0 saturated heterocycles. The summed E-state index contributed by atoms with van der Waals surface area (Å²) in [7, 11) is 1.65. The molecule has 202 valence electrons. The van der Waals surface area contributed by atoms with Gasteiger partial charge in [0.1, 0.15) is 11.6 Å². The molecule has 2 aromatic carbocycles. The monoisotopic (exact) mass is 524 g/mol. The van der Waals surface area contributed by atoms with Crippen LogP contribution >= 0.6 is 0 Å². The fraction of sp³-hybridized carbons (Fsp3) is 0.469. The summed E-state index contributed by atoms with van der Waals surface area (Å²) in [5.74, 6) is 5.04. The smallest absolute Gasteiger partial charge is 0.333 e. The van der Waals surface area contributed by atoms with Crippen LogP contribution in [0.5, 0.6) is 5.75 Å². The Balaban J connectivity index is 1.45. The molecule has 4 bridgehead atoms. The zero-order chi connectivity index (χ0) is 26.7. The van der Waals surface area contributed by atoms with Crippen LogP contribution in [-0.2, 0) is 19.6 Å². The number of rotatable bonds is 8. The molecule has 0 spiro atoms. The van der Waals surface area contributed by atoms with Crippen molar-refractivity contribution in [1.29, 1.82) is 0 Å². The number of ether oxygens (including phenoxy) is 1. The summed E-state index contributed by atoms with van der Waals surface area (Å²) < 4.78 is 10.7. The van der Waals surface area contributed by atoms with Crippen LogP contribution in [0.3, 0.4) is 0 Å². The molecule has 2 heterocycles. The van der Waals surface area contributed by atoms with Crippen molar-refractivity contribution in [3.63, 3.8) is 0 Å². The van der Waals surface area contributed by atoms with Crippen LogP contribution in [0.25, 0.3) is 11.2 Å². The highest BCUT2D eigenvalue weighted by atomic mass is 16.5. The molecule has 4 aliphatic carbocycles. The van der Waals surface area contributed by atoms with Gasteiger partial charge in [0, 0.05) is 19.0 Å². The Labute approximate surface area is 228 Å². The number of hydrogen-bond acceptors (Lipinski definition) is 4. The predicted molar refractivity (Wildman–Crippen MR) is 151 cm³/mol. The highest BCUT2D eigenvalue weighted by molar-refractivity contribution is 5.72. The van der Waals surface area contributed by atoms with Crippen molar-refractivity contribution in [2.45, 2.75) is 64.6 Å². The van der Waals surface area contributed by atoms with Crippen molar-refractivity contribution in [3.05, 3.63) is 92.4 Å². The van der Waals surface area contributed by atoms with Crippen LogP contribution in [0.15, 0.2) is 64.2 Å². The molecule has 0 aliphatic heterocycles. The van der Waals surface area contributed by atoms with Gasteiger partial charge in [-0.05, 0) is 79.0 Å². The maximum atomic E-state index is 14.1. The highest BCUT2D eigenvalue weighted by Crippen LogP contribution is 2.64. The molecule has 0 radical (unpaired) electrons. The lowest BCUT2D eigenvalue weighted by Crippen LogP contribution is -2.40. The van der Waals surface area contributed by atoms with Gasteiger partial charge in [0.15, 0.2) is 11.2 Å². The molecule has 2 aromatic heterocycles. The third-order valence-electron chi connectivity index (χ3n) is 9.63. The molecule has 0 N–H and O–H groups in total. The largest absolute Gasteiger partial charge is 0.497 e. The summed E-state index contributed by atoms with van der Waals surface area (Å²) in [4.78, 5) is 33.2. The van der Waals surface area contributed by atoms with Crippen LogP contribution in [0.1, 0.15) is 61.9 Å². The molecule has 5 atom stereocenters. The van der Waals surface area contributed by atoms with E-state index in [0.29, 0.717) is 55.0 Å². The van der Waals surface area contributed by atoms with Crippen molar-refractivity contribution < 1.29 is 4.74 Å². The molecule has 0 amide bonds. The van der Waals surface area contributed by atoms with Gasteiger partial charge in [-0.2, -0.15) is 0 Å². The Hall–Kier alpha value is -3.61. The second-order valence-electron chi connectivity index (χ2n) is 11.9. The van der Waals surface area contributed by atoms with Crippen molar-refractivity contribution in [3.8, 4) is 5.75 Å². The quantitative estimate of drug-likeness (QED) is 0.324.